The van der Waals surface area contributed by atoms with Crippen LogP contribution in [-0.2, 0) is 4.79 Å². The predicted octanol–water partition coefficient (Wildman–Crippen LogP) is 3.74. The molecule has 0 saturated carbocycles. The van der Waals surface area contributed by atoms with Gasteiger partial charge in [-0.25, -0.2) is 0 Å². The Kier molecular flexibility index (Phi) is 6.46. The number of rotatable bonds is 7. The van der Waals surface area contributed by atoms with Crippen molar-refractivity contribution in [3.63, 3.8) is 0 Å². The van der Waals surface area contributed by atoms with E-state index >= 15 is 0 Å². The minimum atomic E-state index is -2.90. The Morgan fingerprint density at radius 3 is 2.32 bits per heavy atom. The van der Waals surface area contributed by atoms with Crippen LogP contribution in [-0.4, -0.2) is 24.5 Å². The van der Waals surface area contributed by atoms with Crippen LogP contribution in [0.2, 0.25) is 0 Å². The first-order valence-corrected chi connectivity index (χ1v) is 8.45. The third-order valence-electron chi connectivity index (χ3n) is 3.33. The molecule has 0 aliphatic heterocycles. The monoisotopic (exact) mass is 368 g/mol. The standard InChI is InChI=1S/C17H18F2N2O3S/c1-10(2)14(21-15(22)13-4-3-9-25-13)16(23)20-11-5-7-12(8-6-11)24-17(18)19/h3-10,14,17H,1-2H3,(H,20,23)(H,21,22)/t14-/m0/s1. The van der Waals surface area contributed by atoms with Crippen LogP contribution >= 0.6 is 11.3 Å². The average molecular weight is 368 g/mol. The lowest BCUT2D eigenvalue weighted by Crippen LogP contribution is -2.46. The van der Waals surface area contributed by atoms with Gasteiger partial charge >= 0.3 is 6.61 Å². The maximum Gasteiger partial charge on any atom is 0.387 e. The van der Waals surface area contributed by atoms with E-state index in [1.807, 2.05) is 13.8 Å². The molecule has 0 saturated heterocycles. The van der Waals surface area contributed by atoms with Gasteiger partial charge in [0.25, 0.3) is 5.91 Å². The number of halogens is 2. The Hall–Kier alpha value is -2.48. The zero-order chi connectivity index (χ0) is 18.4. The summed E-state index contributed by atoms with van der Waals surface area (Å²) in [6, 6.07) is 8.27. The van der Waals surface area contributed by atoms with Crippen LogP contribution in [0.15, 0.2) is 41.8 Å². The average Bonchev–Trinajstić information content (AvgIpc) is 3.08. The van der Waals surface area contributed by atoms with Crippen molar-refractivity contribution < 1.29 is 23.1 Å². The van der Waals surface area contributed by atoms with Gasteiger partial charge in [0.2, 0.25) is 5.91 Å². The normalized spacial score (nSPS) is 12.1. The van der Waals surface area contributed by atoms with Crippen LogP contribution in [0.4, 0.5) is 14.5 Å². The topological polar surface area (TPSA) is 67.4 Å². The lowest BCUT2D eigenvalue weighted by atomic mass is 10.0. The first kappa shape index (κ1) is 18.9. The highest BCUT2D eigenvalue weighted by Crippen LogP contribution is 2.18. The van der Waals surface area contributed by atoms with Gasteiger partial charge in [0, 0.05) is 5.69 Å². The van der Waals surface area contributed by atoms with Crippen molar-refractivity contribution in [2.75, 3.05) is 5.32 Å². The fourth-order valence-corrected chi connectivity index (χ4v) is 2.72. The Labute approximate surface area is 148 Å². The van der Waals surface area contributed by atoms with E-state index < -0.39 is 12.7 Å². The first-order valence-electron chi connectivity index (χ1n) is 7.57. The number of nitrogens with one attached hydrogen (secondary N) is 2. The molecule has 1 atom stereocenters. The van der Waals surface area contributed by atoms with E-state index in [1.54, 1.807) is 17.5 Å². The second-order valence-electron chi connectivity index (χ2n) is 5.56. The van der Waals surface area contributed by atoms with Crippen LogP contribution in [0, 0.1) is 5.92 Å². The molecule has 2 N–H and O–H groups in total. The van der Waals surface area contributed by atoms with E-state index in [4.69, 9.17) is 0 Å². The van der Waals surface area contributed by atoms with Crippen LogP contribution in [0.1, 0.15) is 23.5 Å². The number of anilines is 1. The largest absolute Gasteiger partial charge is 0.435 e. The summed E-state index contributed by atoms with van der Waals surface area (Å²) in [4.78, 5) is 25.1. The van der Waals surface area contributed by atoms with Gasteiger partial charge in [-0.05, 0) is 41.6 Å². The lowest BCUT2D eigenvalue weighted by molar-refractivity contribution is -0.118. The highest BCUT2D eigenvalue weighted by molar-refractivity contribution is 7.12. The van der Waals surface area contributed by atoms with Crippen molar-refractivity contribution in [1.29, 1.82) is 0 Å². The third kappa shape index (κ3) is 5.53. The number of amides is 2. The quantitative estimate of drug-likeness (QED) is 0.782. The van der Waals surface area contributed by atoms with Gasteiger partial charge < -0.3 is 15.4 Å². The highest BCUT2D eigenvalue weighted by atomic mass is 32.1. The van der Waals surface area contributed by atoms with Crippen LogP contribution in [0.5, 0.6) is 5.75 Å². The number of ether oxygens (including phenoxy) is 1. The molecule has 0 bridgehead atoms. The summed E-state index contributed by atoms with van der Waals surface area (Å²) >= 11 is 1.29. The van der Waals surface area contributed by atoms with Gasteiger partial charge in [-0.3, -0.25) is 9.59 Å². The smallest absolute Gasteiger partial charge is 0.387 e. The number of thiophene rings is 1. The molecule has 1 heterocycles. The molecule has 0 aliphatic rings. The molecular weight excluding hydrogens is 350 g/mol. The van der Waals surface area contributed by atoms with Crippen molar-refractivity contribution in [2.45, 2.75) is 26.5 Å². The molecule has 134 valence electrons. The molecule has 0 aliphatic carbocycles. The van der Waals surface area contributed by atoms with E-state index in [2.05, 4.69) is 15.4 Å². The van der Waals surface area contributed by atoms with Crippen molar-refractivity contribution >= 4 is 28.8 Å². The van der Waals surface area contributed by atoms with Crippen LogP contribution in [0.3, 0.4) is 0 Å². The summed E-state index contributed by atoms with van der Waals surface area (Å²) in [6.07, 6.45) is 0. The van der Waals surface area contributed by atoms with Gasteiger partial charge in [0.1, 0.15) is 11.8 Å². The summed E-state index contributed by atoms with van der Waals surface area (Å²) in [7, 11) is 0. The summed E-state index contributed by atoms with van der Waals surface area (Å²) < 4.78 is 28.5. The fourth-order valence-electron chi connectivity index (χ4n) is 2.09. The Morgan fingerprint density at radius 1 is 1.12 bits per heavy atom. The van der Waals surface area contributed by atoms with Crippen molar-refractivity contribution in [1.82, 2.24) is 5.32 Å². The van der Waals surface area contributed by atoms with Crippen molar-refractivity contribution in [3.05, 3.63) is 46.7 Å². The van der Waals surface area contributed by atoms with Crippen LogP contribution < -0.4 is 15.4 Å². The molecule has 0 radical (unpaired) electrons. The zero-order valence-corrected chi connectivity index (χ0v) is 14.5. The fraction of sp³-hybridized carbons (Fsp3) is 0.294. The van der Waals surface area contributed by atoms with Gasteiger partial charge in [0.05, 0.1) is 4.88 Å². The second-order valence-corrected chi connectivity index (χ2v) is 6.51. The van der Waals surface area contributed by atoms with E-state index in [-0.39, 0.29) is 23.5 Å². The van der Waals surface area contributed by atoms with E-state index in [0.717, 1.165) is 0 Å². The molecule has 25 heavy (non-hydrogen) atoms. The number of hydrogen-bond donors (Lipinski definition) is 2. The van der Waals surface area contributed by atoms with E-state index in [9.17, 15) is 18.4 Å². The number of benzene rings is 1. The lowest BCUT2D eigenvalue weighted by Gasteiger charge is -2.21. The maximum absolute atomic E-state index is 12.4. The van der Waals surface area contributed by atoms with Gasteiger partial charge in [-0.1, -0.05) is 19.9 Å². The Morgan fingerprint density at radius 2 is 1.80 bits per heavy atom. The van der Waals surface area contributed by atoms with Gasteiger partial charge in [-0.2, -0.15) is 8.78 Å². The number of hydrogen-bond acceptors (Lipinski definition) is 4. The molecule has 2 rings (SSSR count). The Bertz CT molecular complexity index is 703. The molecule has 5 nitrogen and oxygen atoms in total. The molecular formula is C17H18F2N2O3S. The second kappa shape index (κ2) is 8.57. The minimum absolute atomic E-state index is 0.000549. The van der Waals surface area contributed by atoms with Gasteiger partial charge in [-0.15, -0.1) is 11.3 Å². The third-order valence-corrected chi connectivity index (χ3v) is 4.20. The maximum atomic E-state index is 12.4. The molecule has 1 aromatic carbocycles. The summed E-state index contributed by atoms with van der Waals surface area (Å²) in [5.74, 6) is -0.836. The molecule has 2 aromatic rings. The highest BCUT2D eigenvalue weighted by Gasteiger charge is 2.25. The minimum Gasteiger partial charge on any atom is -0.435 e. The Balaban J connectivity index is 2.01. The molecule has 2 amide bonds. The summed E-state index contributed by atoms with van der Waals surface area (Å²) in [5, 5.41) is 7.15. The number of alkyl halides is 2. The summed E-state index contributed by atoms with van der Waals surface area (Å²) in [6.45, 7) is 0.732. The molecule has 0 spiro atoms. The number of carbonyl (C=O) groups is 2. The zero-order valence-electron chi connectivity index (χ0n) is 13.7. The first-order chi connectivity index (χ1) is 11.9. The molecule has 0 unspecified atom stereocenters. The van der Waals surface area contributed by atoms with E-state index in [1.165, 1.54) is 35.6 Å². The SMILES string of the molecule is CC(C)[C@H](NC(=O)c1cccs1)C(=O)Nc1ccc(OC(F)F)cc1. The molecule has 1 aromatic heterocycles. The van der Waals surface area contributed by atoms with Crippen molar-refractivity contribution in [3.8, 4) is 5.75 Å². The van der Waals surface area contributed by atoms with Gasteiger partial charge in [0.15, 0.2) is 0 Å². The van der Waals surface area contributed by atoms with E-state index in [0.29, 0.717) is 10.6 Å². The molecule has 0 fully saturated rings. The molecule has 8 heteroatoms. The van der Waals surface area contributed by atoms with Crippen molar-refractivity contribution in [2.24, 2.45) is 5.92 Å². The predicted molar refractivity (Wildman–Crippen MR) is 92.1 cm³/mol. The number of carbonyl (C=O) groups excluding carboxylic acids is 2. The summed E-state index contributed by atoms with van der Waals surface area (Å²) in [5.41, 5.74) is 0.419. The van der Waals surface area contributed by atoms with Crippen LogP contribution in [0.25, 0.3) is 0 Å².